The summed E-state index contributed by atoms with van der Waals surface area (Å²) in [4.78, 5) is 0. The first kappa shape index (κ1) is 16.5. The Hall–Kier alpha value is -1.56. The maximum Gasteiger partial charge on any atom is -0.0279 e. The van der Waals surface area contributed by atoms with E-state index < -0.39 is 0 Å². The van der Waals surface area contributed by atoms with Gasteiger partial charge in [-0.15, -0.1) is 0 Å². The van der Waals surface area contributed by atoms with Crippen LogP contribution in [0.25, 0.3) is 0 Å². The van der Waals surface area contributed by atoms with Crippen molar-refractivity contribution >= 4 is 0 Å². The molecule has 0 heteroatoms. The zero-order chi connectivity index (χ0) is 14.5. The van der Waals surface area contributed by atoms with Crippen LogP contribution in [0.4, 0.5) is 0 Å². The number of aryl methyl sites for hydroxylation is 2. The smallest absolute Gasteiger partial charge is 0.0279 e. The lowest BCUT2D eigenvalue weighted by Gasteiger charge is -1.96. The van der Waals surface area contributed by atoms with Gasteiger partial charge in [0.05, 0.1) is 0 Å². The van der Waals surface area contributed by atoms with Crippen LogP contribution < -0.4 is 0 Å². The molecule has 0 nitrogen and oxygen atoms in total. The topological polar surface area (TPSA) is 0 Å². The molecule has 2 aromatic rings. The average Bonchev–Trinajstić information content (AvgIpc) is 2.53. The second kappa shape index (κ2) is 11.3. The van der Waals surface area contributed by atoms with Crippen LogP contribution in [0.2, 0.25) is 0 Å². The summed E-state index contributed by atoms with van der Waals surface area (Å²) >= 11 is 0. The van der Waals surface area contributed by atoms with E-state index in [-0.39, 0.29) is 0 Å². The Kier molecular flexibility index (Phi) is 9.30. The van der Waals surface area contributed by atoms with Gasteiger partial charge in [0.1, 0.15) is 0 Å². The van der Waals surface area contributed by atoms with Crippen LogP contribution in [-0.4, -0.2) is 0 Å². The van der Waals surface area contributed by atoms with E-state index in [0.717, 1.165) is 0 Å². The number of rotatable bonds is 6. The first-order chi connectivity index (χ1) is 9.86. The molecule has 0 bridgehead atoms. The molecule has 0 aliphatic heterocycles. The van der Waals surface area contributed by atoms with Gasteiger partial charge in [-0.3, -0.25) is 0 Å². The molecule has 0 unspecified atom stereocenters. The quantitative estimate of drug-likeness (QED) is 0.597. The third-order valence-corrected chi connectivity index (χ3v) is 3.32. The van der Waals surface area contributed by atoms with Crippen molar-refractivity contribution in [3.05, 3.63) is 71.8 Å². The average molecular weight is 268 g/mol. The number of benzene rings is 2. The van der Waals surface area contributed by atoms with Gasteiger partial charge in [0.15, 0.2) is 0 Å². The summed E-state index contributed by atoms with van der Waals surface area (Å²) in [5.41, 5.74) is 2.92. The van der Waals surface area contributed by atoms with Crippen molar-refractivity contribution in [2.45, 2.75) is 52.4 Å². The molecule has 0 saturated carbocycles. The van der Waals surface area contributed by atoms with Gasteiger partial charge in [-0.2, -0.15) is 0 Å². The van der Waals surface area contributed by atoms with Crippen molar-refractivity contribution in [2.75, 3.05) is 0 Å². The van der Waals surface area contributed by atoms with Gasteiger partial charge in [0.25, 0.3) is 0 Å². The minimum atomic E-state index is 1.23. The highest BCUT2D eigenvalue weighted by Gasteiger charge is 1.88. The molecule has 2 aromatic carbocycles. The summed E-state index contributed by atoms with van der Waals surface area (Å²) in [6.07, 6.45) is 7.66. The van der Waals surface area contributed by atoms with Gasteiger partial charge < -0.3 is 0 Å². The Labute approximate surface area is 124 Å². The summed E-state index contributed by atoms with van der Waals surface area (Å²) in [5, 5.41) is 0. The molecule has 0 saturated heterocycles. The van der Waals surface area contributed by atoms with E-state index in [2.05, 4.69) is 74.5 Å². The largest absolute Gasteiger partial charge is 0.0654 e. The number of hydrogen-bond donors (Lipinski definition) is 0. The van der Waals surface area contributed by atoms with Gasteiger partial charge in [-0.1, -0.05) is 87.4 Å². The van der Waals surface area contributed by atoms with E-state index in [9.17, 15) is 0 Å². The second-order valence-electron chi connectivity index (χ2n) is 5.18. The van der Waals surface area contributed by atoms with E-state index in [4.69, 9.17) is 0 Å². The minimum Gasteiger partial charge on any atom is -0.0654 e. The molecule has 2 rings (SSSR count). The highest BCUT2D eigenvalue weighted by molar-refractivity contribution is 5.15. The zero-order valence-electron chi connectivity index (χ0n) is 13.0. The van der Waals surface area contributed by atoms with Crippen LogP contribution in [-0.2, 0) is 12.8 Å². The van der Waals surface area contributed by atoms with Crippen molar-refractivity contribution in [2.24, 2.45) is 0 Å². The van der Waals surface area contributed by atoms with Gasteiger partial charge in [-0.25, -0.2) is 0 Å². The van der Waals surface area contributed by atoms with Crippen LogP contribution >= 0.6 is 0 Å². The molecular formula is C20H28. The third kappa shape index (κ3) is 7.78. The predicted octanol–water partition coefficient (Wildman–Crippen LogP) is 6.06. The zero-order valence-corrected chi connectivity index (χ0v) is 13.0. The van der Waals surface area contributed by atoms with Crippen LogP contribution in [0.3, 0.4) is 0 Å². The molecule has 0 aliphatic rings. The SMILES string of the molecule is CCCCc1ccccc1.CCCCc1ccccc1. The minimum absolute atomic E-state index is 1.23. The van der Waals surface area contributed by atoms with Gasteiger partial charge >= 0.3 is 0 Å². The number of hydrogen-bond acceptors (Lipinski definition) is 0. The van der Waals surface area contributed by atoms with Crippen molar-refractivity contribution in [3.63, 3.8) is 0 Å². The summed E-state index contributed by atoms with van der Waals surface area (Å²) in [6, 6.07) is 21.3. The molecule has 0 N–H and O–H groups in total. The van der Waals surface area contributed by atoms with Crippen LogP contribution in [0.15, 0.2) is 60.7 Å². The predicted molar refractivity (Wildman–Crippen MR) is 90.1 cm³/mol. The van der Waals surface area contributed by atoms with Crippen molar-refractivity contribution in [3.8, 4) is 0 Å². The third-order valence-electron chi connectivity index (χ3n) is 3.32. The Morgan fingerprint density at radius 2 is 0.900 bits per heavy atom. The van der Waals surface area contributed by atoms with E-state index in [0.29, 0.717) is 0 Å². The molecule has 20 heavy (non-hydrogen) atoms. The standard InChI is InChI=1S/2C10H14/c2*1-2-3-7-10-8-5-4-6-9-10/h2*4-6,8-9H,2-3,7H2,1H3. The molecule has 0 fully saturated rings. The number of unbranched alkanes of at least 4 members (excludes halogenated alkanes) is 2. The highest BCUT2D eigenvalue weighted by Crippen LogP contribution is 2.03. The fourth-order valence-corrected chi connectivity index (χ4v) is 2.05. The summed E-state index contributed by atoms with van der Waals surface area (Å²) in [5.74, 6) is 0. The summed E-state index contributed by atoms with van der Waals surface area (Å²) in [6.45, 7) is 4.45. The van der Waals surface area contributed by atoms with Crippen LogP contribution in [0.1, 0.15) is 50.7 Å². The summed E-state index contributed by atoms with van der Waals surface area (Å²) < 4.78 is 0. The Morgan fingerprint density at radius 3 is 1.20 bits per heavy atom. The lowest BCUT2D eigenvalue weighted by molar-refractivity contribution is 0.795. The first-order valence-corrected chi connectivity index (χ1v) is 7.94. The fraction of sp³-hybridized carbons (Fsp3) is 0.400. The maximum absolute atomic E-state index is 2.23. The first-order valence-electron chi connectivity index (χ1n) is 7.94. The molecule has 0 aliphatic carbocycles. The lowest BCUT2D eigenvalue weighted by atomic mass is 10.1. The monoisotopic (exact) mass is 268 g/mol. The normalized spacial score (nSPS) is 9.70. The molecule has 0 amide bonds. The molecule has 108 valence electrons. The summed E-state index contributed by atoms with van der Waals surface area (Å²) in [7, 11) is 0. The Morgan fingerprint density at radius 1 is 0.550 bits per heavy atom. The van der Waals surface area contributed by atoms with E-state index in [1.165, 1.54) is 49.7 Å². The van der Waals surface area contributed by atoms with Gasteiger partial charge in [0, 0.05) is 0 Å². The van der Waals surface area contributed by atoms with E-state index in [1.54, 1.807) is 0 Å². The second-order valence-corrected chi connectivity index (χ2v) is 5.18. The van der Waals surface area contributed by atoms with E-state index >= 15 is 0 Å². The van der Waals surface area contributed by atoms with Crippen molar-refractivity contribution in [1.29, 1.82) is 0 Å². The van der Waals surface area contributed by atoms with Crippen molar-refractivity contribution in [1.82, 2.24) is 0 Å². The van der Waals surface area contributed by atoms with E-state index in [1.807, 2.05) is 0 Å². The molecule has 0 radical (unpaired) electrons. The fourth-order valence-electron chi connectivity index (χ4n) is 2.05. The Bertz CT molecular complexity index is 373. The van der Waals surface area contributed by atoms with Crippen molar-refractivity contribution < 1.29 is 0 Å². The molecular weight excluding hydrogens is 240 g/mol. The Balaban J connectivity index is 0.000000200. The maximum atomic E-state index is 2.23. The van der Waals surface area contributed by atoms with Gasteiger partial charge in [-0.05, 0) is 36.8 Å². The van der Waals surface area contributed by atoms with Gasteiger partial charge in [0.2, 0.25) is 0 Å². The molecule has 0 spiro atoms. The molecule has 0 heterocycles. The van der Waals surface area contributed by atoms with Crippen LogP contribution in [0.5, 0.6) is 0 Å². The molecule has 0 atom stereocenters. The highest BCUT2D eigenvalue weighted by atomic mass is 13.9. The molecule has 0 aromatic heterocycles. The van der Waals surface area contributed by atoms with Crippen LogP contribution in [0, 0.1) is 0 Å². The lowest BCUT2D eigenvalue weighted by Crippen LogP contribution is -1.81.